The van der Waals surface area contributed by atoms with Gasteiger partial charge in [0.25, 0.3) is 5.91 Å². The van der Waals surface area contributed by atoms with Crippen molar-refractivity contribution in [2.45, 2.75) is 0 Å². The number of sulfonamides is 1. The molecule has 3 heterocycles. The molecule has 11 heteroatoms. The van der Waals surface area contributed by atoms with Gasteiger partial charge in [0.05, 0.1) is 6.26 Å². The normalized spacial score (nSPS) is 16.5. The maximum Gasteiger partial charge on any atom is 0.274 e. The van der Waals surface area contributed by atoms with Crippen LogP contribution in [0.4, 0.5) is 0 Å². The van der Waals surface area contributed by atoms with Crippen LogP contribution in [0.1, 0.15) is 10.5 Å². The van der Waals surface area contributed by atoms with Gasteiger partial charge in [-0.05, 0) is 12.1 Å². The zero-order chi connectivity index (χ0) is 16.4. The van der Waals surface area contributed by atoms with Gasteiger partial charge in [-0.15, -0.1) is 10.2 Å². The molecule has 2 aromatic rings. The van der Waals surface area contributed by atoms with Crippen molar-refractivity contribution in [3.8, 4) is 5.82 Å². The molecule has 122 valence electrons. The van der Waals surface area contributed by atoms with Gasteiger partial charge >= 0.3 is 0 Å². The minimum atomic E-state index is -3.22. The number of aromatic nitrogens is 5. The Kier molecular flexibility index (Phi) is 4.05. The molecule has 0 bridgehead atoms. The van der Waals surface area contributed by atoms with E-state index in [0.29, 0.717) is 18.9 Å². The Bertz CT molecular complexity index is 781. The lowest BCUT2D eigenvalue weighted by Gasteiger charge is -2.32. The largest absolute Gasteiger partial charge is 0.335 e. The van der Waals surface area contributed by atoms with Crippen LogP contribution < -0.4 is 0 Å². The van der Waals surface area contributed by atoms with E-state index in [1.807, 2.05) is 0 Å². The van der Waals surface area contributed by atoms with Gasteiger partial charge in [0.1, 0.15) is 12.7 Å². The molecule has 10 nitrogen and oxygen atoms in total. The molecule has 0 unspecified atom stereocenters. The number of hydrogen-bond acceptors (Lipinski definition) is 7. The van der Waals surface area contributed by atoms with Gasteiger partial charge in [-0.3, -0.25) is 4.79 Å². The lowest BCUT2D eigenvalue weighted by Crippen LogP contribution is -2.50. The second-order valence-corrected chi connectivity index (χ2v) is 7.05. The SMILES string of the molecule is CS(=O)(=O)N1CCN(C(=O)c2ccc(-n3cncn3)nn2)CC1. The van der Waals surface area contributed by atoms with E-state index < -0.39 is 10.0 Å². The second-order valence-electron chi connectivity index (χ2n) is 5.07. The molecule has 2 aromatic heterocycles. The summed E-state index contributed by atoms with van der Waals surface area (Å²) in [5.41, 5.74) is 0.210. The molecule has 0 atom stereocenters. The molecule has 23 heavy (non-hydrogen) atoms. The Morgan fingerprint density at radius 3 is 2.39 bits per heavy atom. The number of nitrogens with zero attached hydrogens (tertiary/aromatic N) is 7. The lowest BCUT2D eigenvalue weighted by molar-refractivity contribution is 0.0691. The molecule has 1 saturated heterocycles. The minimum Gasteiger partial charge on any atom is -0.335 e. The third-order valence-electron chi connectivity index (χ3n) is 3.52. The van der Waals surface area contributed by atoms with Crippen LogP contribution in [0.25, 0.3) is 5.82 Å². The number of rotatable bonds is 3. The van der Waals surface area contributed by atoms with Crippen LogP contribution in [-0.2, 0) is 10.0 Å². The number of piperazine rings is 1. The van der Waals surface area contributed by atoms with E-state index in [1.165, 1.54) is 27.9 Å². The molecule has 1 aliphatic heterocycles. The van der Waals surface area contributed by atoms with E-state index in [1.54, 1.807) is 17.0 Å². The van der Waals surface area contributed by atoms with Crippen molar-refractivity contribution < 1.29 is 13.2 Å². The maximum absolute atomic E-state index is 12.4. The van der Waals surface area contributed by atoms with Gasteiger partial charge in [-0.2, -0.15) is 9.40 Å². The highest BCUT2D eigenvalue weighted by molar-refractivity contribution is 7.88. The Balaban J connectivity index is 1.67. The van der Waals surface area contributed by atoms with E-state index in [9.17, 15) is 13.2 Å². The molecule has 0 spiro atoms. The summed E-state index contributed by atoms with van der Waals surface area (Å²) in [6.07, 6.45) is 4.02. The first-order valence-corrected chi connectivity index (χ1v) is 8.73. The molecule has 1 amide bonds. The molecule has 1 fully saturated rings. The maximum atomic E-state index is 12.4. The highest BCUT2D eigenvalue weighted by Crippen LogP contribution is 2.10. The topological polar surface area (TPSA) is 114 Å². The highest BCUT2D eigenvalue weighted by Gasteiger charge is 2.27. The second kappa shape index (κ2) is 6.01. The third kappa shape index (κ3) is 3.35. The average molecular weight is 337 g/mol. The Morgan fingerprint density at radius 1 is 1.13 bits per heavy atom. The van der Waals surface area contributed by atoms with Crippen molar-refractivity contribution in [2.24, 2.45) is 0 Å². The molecule has 0 aliphatic carbocycles. The Hall–Kier alpha value is -2.40. The first-order valence-electron chi connectivity index (χ1n) is 6.88. The fraction of sp³-hybridized carbons (Fsp3) is 0.417. The van der Waals surface area contributed by atoms with E-state index in [4.69, 9.17) is 0 Å². The van der Waals surface area contributed by atoms with Crippen LogP contribution in [0.3, 0.4) is 0 Å². The summed E-state index contributed by atoms with van der Waals surface area (Å²) < 4.78 is 25.7. The van der Waals surface area contributed by atoms with Crippen LogP contribution in [0.5, 0.6) is 0 Å². The van der Waals surface area contributed by atoms with Crippen molar-refractivity contribution in [2.75, 3.05) is 32.4 Å². The fourth-order valence-corrected chi connectivity index (χ4v) is 3.10. The molecule has 0 N–H and O–H groups in total. The summed E-state index contributed by atoms with van der Waals surface area (Å²) in [6.45, 7) is 1.24. The average Bonchev–Trinajstić information content (AvgIpc) is 3.08. The lowest BCUT2D eigenvalue weighted by atomic mass is 10.3. The van der Waals surface area contributed by atoms with Crippen LogP contribution in [-0.4, -0.2) is 80.9 Å². The molecular weight excluding hydrogens is 322 g/mol. The van der Waals surface area contributed by atoms with Gasteiger partial charge in [0.15, 0.2) is 11.5 Å². The highest BCUT2D eigenvalue weighted by atomic mass is 32.2. The van der Waals surface area contributed by atoms with E-state index in [0.717, 1.165) is 0 Å². The molecule has 0 radical (unpaired) electrons. The van der Waals surface area contributed by atoms with Crippen molar-refractivity contribution in [1.29, 1.82) is 0 Å². The predicted octanol–water partition coefficient (Wildman–Crippen LogP) is -1.23. The molecule has 0 saturated carbocycles. The summed E-state index contributed by atoms with van der Waals surface area (Å²) >= 11 is 0. The monoisotopic (exact) mass is 337 g/mol. The van der Waals surface area contributed by atoms with Gasteiger partial charge in [-0.25, -0.2) is 18.1 Å². The van der Waals surface area contributed by atoms with Crippen molar-refractivity contribution >= 4 is 15.9 Å². The summed E-state index contributed by atoms with van der Waals surface area (Å²) in [5, 5.41) is 11.8. The van der Waals surface area contributed by atoms with Gasteiger partial charge in [0, 0.05) is 26.2 Å². The quantitative estimate of drug-likeness (QED) is 0.689. The predicted molar refractivity (Wildman–Crippen MR) is 79.3 cm³/mol. The van der Waals surface area contributed by atoms with Crippen molar-refractivity contribution in [3.05, 3.63) is 30.5 Å². The Labute approximate surface area is 132 Å². The van der Waals surface area contributed by atoms with Crippen LogP contribution >= 0.6 is 0 Å². The summed E-state index contributed by atoms with van der Waals surface area (Å²) in [7, 11) is -3.22. The molecule has 1 aliphatic rings. The van der Waals surface area contributed by atoms with Crippen molar-refractivity contribution in [3.63, 3.8) is 0 Å². The van der Waals surface area contributed by atoms with Crippen molar-refractivity contribution in [1.82, 2.24) is 34.2 Å². The third-order valence-corrected chi connectivity index (χ3v) is 4.82. The number of carbonyl (C=O) groups is 1. The smallest absolute Gasteiger partial charge is 0.274 e. The van der Waals surface area contributed by atoms with Crippen LogP contribution in [0, 0.1) is 0 Å². The van der Waals surface area contributed by atoms with Gasteiger partial charge < -0.3 is 4.90 Å². The van der Waals surface area contributed by atoms with Gasteiger partial charge in [0.2, 0.25) is 10.0 Å². The summed E-state index contributed by atoms with van der Waals surface area (Å²) in [6, 6.07) is 3.19. The van der Waals surface area contributed by atoms with E-state index in [-0.39, 0.29) is 24.7 Å². The number of amides is 1. The fourth-order valence-electron chi connectivity index (χ4n) is 2.27. The summed E-state index contributed by atoms with van der Waals surface area (Å²) in [4.78, 5) is 17.8. The van der Waals surface area contributed by atoms with E-state index >= 15 is 0 Å². The van der Waals surface area contributed by atoms with Crippen LogP contribution in [0.2, 0.25) is 0 Å². The first kappa shape index (κ1) is 15.5. The molecule has 3 rings (SSSR count). The minimum absolute atomic E-state index is 0.210. The Morgan fingerprint density at radius 2 is 1.87 bits per heavy atom. The molecular formula is C12H15N7O3S. The zero-order valence-corrected chi connectivity index (χ0v) is 13.2. The molecule has 0 aromatic carbocycles. The van der Waals surface area contributed by atoms with Gasteiger partial charge in [-0.1, -0.05) is 0 Å². The summed E-state index contributed by atoms with van der Waals surface area (Å²) in [5.74, 6) is 0.191. The zero-order valence-electron chi connectivity index (χ0n) is 12.4. The van der Waals surface area contributed by atoms with E-state index in [2.05, 4.69) is 20.3 Å². The van der Waals surface area contributed by atoms with Crippen LogP contribution in [0.15, 0.2) is 24.8 Å². The first-order chi connectivity index (χ1) is 10.9. The number of carbonyl (C=O) groups excluding carboxylic acids is 1. The number of hydrogen-bond donors (Lipinski definition) is 0. The standard InChI is InChI=1S/C12H15N7O3S/c1-23(21,22)18-6-4-17(5-7-18)12(20)10-2-3-11(16-15-10)19-9-13-8-14-19/h2-3,8-9H,4-7H2,1H3.